The number of likely N-dealkylation sites (N-methyl/N-ethyl adjacent to an activating group) is 1. The Balaban J connectivity index is 0.00000280. The normalized spacial score (nSPS) is 18.3. The fourth-order valence-electron chi connectivity index (χ4n) is 4.03. The quantitative estimate of drug-likeness (QED) is 0.675. The number of hydrogen-bond acceptors (Lipinski definition) is 5. The molecule has 1 aliphatic carbocycles. The highest BCUT2D eigenvalue weighted by Gasteiger charge is 2.39. The molecule has 6 nitrogen and oxygen atoms in total. The molecule has 158 valence electrons. The van der Waals surface area contributed by atoms with Gasteiger partial charge in [-0.05, 0) is 37.6 Å². The molecule has 0 spiro atoms. The fourth-order valence-corrected chi connectivity index (χ4v) is 4.03. The molecule has 2 fully saturated rings. The molecule has 3 rings (SSSR count). The van der Waals surface area contributed by atoms with Gasteiger partial charge in [0.25, 0.3) is 0 Å². The van der Waals surface area contributed by atoms with Crippen LogP contribution in [0.4, 0.5) is 0 Å². The zero-order valence-corrected chi connectivity index (χ0v) is 17.9. The summed E-state index contributed by atoms with van der Waals surface area (Å²) in [6, 6.07) is 8.11. The number of hydrogen-bond donors (Lipinski definition) is 1. The number of halogens is 1. The van der Waals surface area contributed by atoms with Gasteiger partial charge in [-0.3, -0.25) is 9.69 Å². The van der Waals surface area contributed by atoms with Crippen molar-refractivity contribution < 1.29 is 14.3 Å². The second-order valence-electron chi connectivity index (χ2n) is 8.03. The summed E-state index contributed by atoms with van der Waals surface area (Å²) in [7, 11) is 3.76. The molecule has 1 N–H and O–H groups in total. The number of amides is 1. The molecule has 2 aliphatic rings. The minimum Gasteiger partial charge on any atom is -0.493 e. The number of nitrogens with one attached hydrogen (secondary N) is 1. The SMILES string of the molecule is COCc1cccc(OCC2(CN(C)CC(=O)N3CCNCC3)CCC2)c1.Cl. The van der Waals surface area contributed by atoms with Crippen LogP contribution in [0.2, 0.25) is 0 Å². The first-order chi connectivity index (χ1) is 13.1. The summed E-state index contributed by atoms with van der Waals surface area (Å²) in [5.41, 5.74) is 1.28. The van der Waals surface area contributed by atoms with E-state index >= 15 is 0 Å². The summed E-state index contributed by atoms with van der Waals surface area (Å²) in [6.07, 6.45) is 3.57. The third-order valence-electron chi connectivity index (χ3n) is 5.65. The van der Waals surface area contributed by atoms with E-state index in [1.165, 1.54) is 6.42 Å². The van der Waals surface area contributed by atoms with Gasteiger partial charge in [0.15, 0.2) is 0 Å². The average Bonchev–Trinajstić information content (AvgIpc) is 2.65. The van der Waals surface area contributed by atoms with Crippen molar-refractivity contribution in [1.82, 2.24) is 15.1 Å². The first-order valence-corrected chi connectivity index (χ1v) is 9.98. The van der Waals surface area contributed by atoms with E-state index in [0.29, 0.717) is 19.8 Å². The molecule has 0 aromatic heterocycles. The molecular formula is C21H34ClN3O3. The van der Waals surface area contributed by atoms with E-state index in [4.69, 9.17) is 9.47 Å². The fraction of sp³-hybridized carbons (Fsp3) is 0.667. The highest BCUT2D eigenvalue weighted by molar-refractivity contribution is 5.85. The Bertz CT molecular complexity index is 619. The zero-order valence-electron chi connectivity index (χ0n) is 17.1. The molecule has 0 unspecified atom stereocenters. The van der Waals surface area contributed by atoms with Gasteiger partial charge in [-0.25, -0.2) is 0 Å². The molecule has 7 heteroatoms. The summed E-state index contributed by atoms with van der Waals surface area (Å²) in [5.74, 6) is 1.14. The van der Waals surface area contributed by atoms with E-state index in [2.05, 4.69) is 17.3 Å². The van der Waals surface area contributed by atoms with Crippen LogP contribution >= 0.6 is 12.4 Å². The van der Waals surface area contributed by atoms with Crippen LogP contribution in [0.25, 0.3) is 0 Å². The van der Waals surface area contributed by atoms with Crippen LogP contribution in [0.1, 0.15) is 24.8 Å². The van der Waals surface area contributed by atoms with Crippen LogP contribution in [-0.2, 0) is 16.1 Å². The van der Waals surface area contributed by atoms with E-state index in [-0.39, 0.29) is 23.7 Å². The number of piperazine rings is 1. The van der Waals surface area contributed by atoms with E-state index in [0.717, 1.165) is 56.9 Å². The Kier molecular flexibility index (Phi) is 9.02. The van der Waals surface area contributed by atoms with Gasteiger partial charge in [-0.2, -0.15) is 0 Å². The van der Waals surface area contributed by atoms with E-state index < -0.39 is 0 Å². The number of benzene rings is 1. The van der Waals surface area contributed by atoms with Crippen LogP contribution in [0.5, 0.6) is 5.75 Å². The van der Waals surface area contributed by atoms with Crippen molar-refractivity contribution in [2.45, 2.75) is 25.9 Å². The maximum Gasteiger partial charge on any atom is 0.236 e. The summed E-state index contributed by atoms with van der Waals surface area (Å²) >= 11 is 0. The topological polar surface area (TPSA) is 54.0 Å². The van der Waals surface area contributed by atoms with Crippen LogP contribution < -0.4 is 10.1 Å². The second-order valence-corrected chi connectivity index (χ2v) is 8.03. The Morgan fingerprint density at radius 1 is 1.29 bits per heavy atom. The summed E-state index contributed by atoms with van der Waals surface area (Å²) in [6.45, 7) is 6.13. The van der Waals surface area contributed by atoms with Gasteiger partial charge < -0.3 is 19.7 Å². The molecule has 1 saturated carbocycles. The highest BCUT2D eigenvalue weighted by Crippen LogP contribution is 2.42. The predicted octanol–water partition coefficient (Wildman–Crippen LogP) is 2.17. The van der Waals surface area contributed by atoms with Crippen molar-refractivity contribution in [2.24, 2.45) is 5.41 Å². The number of methoxy groups -OCH3 is 1. The first kappa shape index (κ1) is 22.9. The lowest BCUT2D eigenvalue weighted by molar-refractivity contribution is -0.133. The average molecular weight is 412 g/mol. The Hall–Kier alpha value is -1.34. The van der Waals surface area contributed by atoms with Crippen molar-refractivity contribution in [2.75, 3.05) is 60.0 Å². The number of nitrogens with zero attached hydrogens (tertiary/aromatic N) is 2. The predicted molar refractivity (Wildman–Crippen MR) is 113 cm³/mol. The molecule has 1 aromatic rings. The Labute approximate surface area is 175 Å². The molecule has 1 amide bonds. The van der Waals surface area contributed by atoms with Crippen molar-refractivity contribution in [3.05, 3.63) is 29.8 Å². The molecule has 28 heavy (non-hydrogen) atoms. The van der Waals surface area contributed by atoms with Crippen molar-refractivity contribution in [3.63, 3.8) is 0 Å². The maximum absolute atomic E-state index is 12.5. The van der Waals surface area contributed by atoms with Gasteiger partial charge in [-0.15, -0.1) is 12.4 Å². The zero-order chi connectivity index (χ0) is 19.1. The summed E-state index contributed by atoms with van der Waals surface area (Å²) in [5, 5.41) is 3.29. The van der Waals surface area contributed by atoms with Gasteiger partial charge in [0.2, 0.25) is 5.91 Å². The van der Waals surface area contributed by atoms with Crippen molar-refractivity contribution in [1.29, 1.82) is 0 Å². The van der Waals surface area contributed by atoms with Gasteiger partial charge in [0.1, 0.15) is 5.75 Å². The van der Waals surface area contributed by atoms with Gasteiger partial charge in [-0.1, -0.05) is 18.6 Å². The number of ether oxygens (including phenoxy) is 2. The molecule has 1 aromatic carbocycles. The largest absolute Gasteiger partial charge is 0.493 e. The smallest absolute Gasteiger partial charge is 0.236 e. The molecule has 0 atom stereocenters. The van der Waals surface area contributed by atoms with E-state index in [1.807, 2.05) is 29.2 Å². The lowest BCUT2D eigenvalue weighted by Gasteiger charge is -2.44. The second kappa shape index (κ2) is 11.0. The first-order valence-electron chi connectivity index (χ1n) is 9.98. The Morgan fingerprint density at radius 2 is 2.04 bits per heavy atom. The summed E-state index contributed by atoms with van der Waals surface area (Å²) < 4.78 is 11.3. The lowest BCUT2D eigenvalue weighted by atomic mass is 9.69. The van der Waals surface area contributed by atoms with E-state index in [9.17, 15) is 4.79 Å². The molecule has 1 heterocycles. The third-order valence-corrected chi connectivity index (χ3v) is 5.65. The molecule has 1 aliphatic heterocycles. The molecular weight excluding hydrogens is 378 g/mol. The molecule has 0 radical (unpaired) electrons. The number of carbonyl (C=O) groups excluding carboxylic acids is 1. The minimum absolute atomic E-state index is 0. The monoisotopic (exact) mass is 411 g/mol. The summed E-state index contributed by atoms with van der Waals surface area (Å²) in [4.78, 5) is 16.6. The minimum atomic E-state index is 0. The van der Waals surface area contributed by atoms with Crippen LogP contribution in [0, 0.1) is 5.41 Å². The Morgan fingerprint density at radius 3 is 2.68 bits per heavy atom. The van der Waals surface area contributed by atoms with Gasteiger partial charge in [0.05, 0.1) is 19.8 Å². The standard InChI is InChI=1S/C21H33N3O3.ClH/c1-23(14-20(25)24-11-9-22-10-12-24)16-21(7-4-8-21)17-27-19-6-3-5-18(13-19)15-26-2;/h3,5-6,13,22H,4,7-12,14-17H2,1-2H3;1H. The third kappa shape index (κ3) is 6.34. The number of rotatable bonds is 9. The lowest BCUT2D eigenvalue weighted by Crippen LogP contribution is -2.51. The van der Waals surface area contributed by atoms with Crippen molar-refractivity contribution >= 4 is 18.3 Å². The van der Waals surface area contributed by atoms with Gasteiger partial charge in [0, 0.05) is 45.2 Å². The maximum atomic E-state index is 12.5. The van der Waals surface area contributed by atoms with Crippen LogP contribution in [0.15, 0.2) is 24.3 Å². The highest BCUT2D eigenvalue weighted by atomic mass is 35.5. The van der Waals surface area contributed by atoms with E-state index in [1.54, 1.807) is 7.11 Å². The molecule has 1 saturated heterocycles. The van der Waals surface area contributed by atoms with Gasteiger partial charge >= 0.3 is 0 Å². The van der Waals surface area contributed by atoms with Crippen molar-refractivity contribution in [3.8, 4) is 5.75 Å². The molecule has 0 bridgehead atoms. The van der Waals surface area contributed by atoms with Crippen LogP contribution in [-0.4, -0.2) is 75.7 Å². The number of carbonyl (C=O) groups is 1. The van der Waals surface area contributed by atoms with Crippen LogP contribution in [0.3, 0.4) is 0 Å².